The summed E-state index contributed by atoms with van der Waals surface area (Å²) in [5.41, 5.74) is 1.35. The topological polar surface area (TPSA) is 53.3 Å². The van der Waals surface area contributed by atoms with Crippen molar-refractivity contribution >= 4 is 23.4 Å². The Hall–Kier alpha value is -1.99. The number of carbonyl (C=O) groups is 1. The standard InChI is InChI=1S/C15H13ClN2O2/c1-10-12(5-4-11(8-17)13(10)16)18-9-15(20-14(18)19)6-2-3-7-15/h2,4-6H,3,7,9H2,1H3/t15-/m0/s1. The molecule has 0 N–H and O–H groups in total. The van der Waals surface area contributed by atoms with Crippen LogP contribution in [0.3, 0.4) is 0 Å². The van der Waals surface area contributed by atoms with E-state index in [1.807, 2.05) is 18.2 Å². The zero-order valence-corrected chi connectivity index (χ0v) is 11.8. The van der Waals surface area contributed by atoms with Gasteiger partial charge in [-0.15, -0.1) is 0 Å². The Kier molecular flexibility index (Phi) is 2.95. The highest BCUT2D eigenvalue weighted by atomic mass is 35.5. The van der Waals surface area contributed by atoms with Crippen LogP contribution < -0.4 is 4.90 Å². The number of carbonyl (C=O) groups excluding carboxylic acids is 1. The lowest BCUT2D eigenvalue weighted by molar-refractivity contribution is 0.0940. The third-order valence-corrected chi connectivity index (χ3v) is 4.35. The fraction of sp³-hybridized carbons (Fsp3) is 0.333. The van der Waals surface area contributed by atoms with Gasteiger partial charge in [-0.1, -0.05) is 17.7 Å². The summed E-state index contributed by atoms with van der Waals surface area (Å²) in [7, 11) is 0. The molecule has 1 saturated heterocycles. The molecule has 2 aliphatic rings. The van der Waals surface area contributed by atoms with Gasteiger partial charge in [0, 0.05) is 0 Å². The number of allylic oxidation sites excluding steroid dienone is 1. The highest BCUT2D eigenvalue weighted by Crippen LogP contribution is 2.38. The predicted octanol–water partition coefficient (Wildman–Crippen LogP) is 3.57. The van der Waals surface area contributed by atoms with Crippen LogP contribution in [0.5, 0.6) is 0 Å². The molecule has 20 heavy (non-hydrogen) atoms. The van der Waals surface area contributed by atoms with E-state index in [9.17, 15) is 4.79 Å². The van der Waals surface area contributed by atoms with Crippen molar-refractivity contribution in [2.45, 2.75) is 25.4 Å². The predicted molar refractivity (Wildman–Crippen MR) is 75.8 cm³/mol. The molecule has 0 bridgehead atoms. The Balaban J connectivity index is 1.98. The third-order valence-electron chi connectivity index (χ3n) is 3.86. The highest BCUT2D eigenvalue weighted by Gasteiger charge is 2.45. The first-order valence-corrected chi connectivity index (χ1v) is 6.81. The van der Waals surface area contributed by atoms with Gasteiger partial charge in [-0.05, 0) is 43.5 Å². The molecule has 1 aliphatic heterocycles. The molecule has 3 rings (SSSR count). The summed E-state index contributed by atoms with van der Waals surface area (Å²) >= 11 is 6.16. The maximum atomic E-state index is 12.1. The molecule has 1 aromatic carbocycles. The Morgan fingerprint density at radius 3 is 2.95 bits per heavy atom. The van der Waals surface area contributed by atoms with E-state index in [1.165, 1.54) is 0 Å². The van der Waals surface area contributed by atoms with Crippen LogP contribution in [0.2, 0.25) is 5.02 Å². The van der Waals surface area contributed by atoms with E-state index < -0.39 is 5.60 Å². The van der Waals surface area contributed by atoms with Crippen LogP contribution in [0.15, 0.2) is 24.3 Å². The molecule has 0 radical (unpaired) electrons. The zero-order chi connectivity index (χ0) is 14.3. The van der Waals surface area contributed by atoms with Gasteiger partial charge in [-0.25, -0.2) is 4.79 Å². The van der Waals surface area contributed by atoms with Crippen LogP contribution >= 0.6 is 11.6 Å². The Morgan fingerprint density at radius 1 is 1.50 bits per heavy atom. The summed E-state index contributed by atoms with van der Waals surface area (Å²) in [6, 6.07) is 5.42. The average Bonchev–Trinajstić information content (AvgIpc) is 3.00. The molecular formula is C15H13ClN2O2. The van der Waals surface area contributed by atoms with Gasteiger partial charge < -0.3 is 4.74 Å². The monoisotopic (exact) mass is 288 g/mol. The van der Waals surface area contributed by atoms with Crippen molar-refractivity contribution in [3.8, 4) is 6.07 Å². The normalized spacial score (nSPS) is 24.2. The van der Waals surface area contributed by atoms with Crippen molar-refractivity contribution in [2.24, 2.45) is 0 Å². The van der Waals surface area contributed by atoms with E-state index in [0.29, 0.717) is 22.8 Å². The van der Waals surface area contributed by atoms with Gasteiger partial charge >= 0.3 is 6.09 Å². The summed E-state index contributed by atoms with van der Waals surface area (Å²) in [6.07, 6.45) is 5.38. The Bertz CT molecular complexity index is 663. The van der Waals surface area contributed by atoms with Crippen molar-refractivity contribution in [2.75, 3.05) is 11.4 Å². The number of ether oxygens (including phenoxy) is 1. The molecule has 4 nitrogen and oxygen atoms in total. The number of halogens is 1. The number of amides is 1. The van der Waals surface area contributed by atoms with Gasteiger partial charge in [0.15, 0.2) is 5.60 Å². The van der Waals surface area contributed by atoms with E-state index in [2.05, 4.69) is 0 Å². The number of nitriles is 1. The minimum Gasteiger partial charge on any atom is -0.436 e. The summed E-state index contributed by atoms with van der Waals surface area (Å²) < 4.78 is 5.52. The lowest BCUT2D eigenvalue weighted by atomic mass is 10.0. The molecule has 1 aromatic rings. The Morgan fingerprint density at radius 2 is 2.30 bits per heavy atom. The highest BCUT2D eigenvalue weighted by molar-refractivity contribution is 6.33. The minimum absolute atomic E-state index is 0.361. The van der Waals surface area contributed by atoms with E-state index in [0.717, 1.165) is 18.4 Å². The zero-order valence-electron chi connectivity index (χ0n) is 11.0. The lowest BCUT2D eigenvalue weighted by Crippen LogP contribution is -2.31. The van der Waals surface area contributed by atoms with Gasteiger partial charge in [0.2, 0.25) is 0 Å². The number of hydrogen-bond donors (Lipinski definition) is 0. The molecule has 0 aromatic heterocycles. The number of hydrogen-bond acceptors (Lipinski definition) is 3. The first-order valence-electron chi connectivity index (χ1n) is 6.44. The fourth-order valence-corrected chi connectivity index (χ4v) is 2.96. The SMILES string of the molecule is Cc1c(N2C[C@@]3(C=CCC3)OC2=O)ccc(C#N)c1Cl. The summed E-state index contributed by atoms with van der Waals surface area (Å²) in [6.45, 7) is 2.30. The Labute approximate surface area is 122 Å². The lowest BCUT2D eigenvalue weighted by Gasteiger charge is -2.20. The second kappa shape index (κ2) is 4.53. The second-order valence-corrected chi connectivity index (χ2v) is 5.52. The number of nitrogens with zero attached hydrogens (tertiary/aromatic N) is 2. The maximum absolute atomic E-state index is 12.1. The van der Waals surface area contributed by atoms with Gasteiger partial charge in [0.05, 0.1) is 22.8 Å². The first-order chi connectivity index (χ1) is 9.56. The van der Waals surface area contributed by atoms with Crippen LogP contribution in [-0.4, -0.2) is 18.2 Å². The van der Waals surface area contributed by atoms with Crippen LogP contribution in [0.25, 0.3) is 0 Å². The van der Waals surface area contributed by atoms with E-state index in [4.69, 9.17) is 21.6 Å². The number of benzene rings is 1. The number of anilines is 1. The van der Waals surface area contributed by atoms with Gasteiger partial charge in [-0.3, -0.25) is 4.90 Å². The molecule has 0 unspecified atom stereocenters. The molecule has 5 heteroatoms. The van der Waals surface area contributed by atoms with Crippen LogP contribution in [0.4, 0.5) is 10.5 Å². The quantitative estimate of drug-likeness (QED) is 0.742. The smallest absolute Gasteiger partial charge is 0.415 e. The van der Waals surface area contributed by atoms with Crippen LogP contribution in [0.1, 0.15) is 24.0 Å². The minimum atomic E-state index is -0.496. The van der Waals surface area contributed by atoms with Gasteiger partial charge in [-0.2, -0.15) is 5.26 Å². The molecule has 1 spiro atoms. The molecule has 1 atom stereocenters. The van der Waals surface area contributed by atoms with Crippen molar-refractivity contribution < 1.29 is 9.53 Å². The van der Waals surface area contributed by atoms with E-state index >= 15 is 0 Å². The van der Waals surface area contributed by atoms with E-state index in [-0.39, 0.29) is 6.09 Å². The molecule has 102 valence electrons. The van der Waals surface area contributed by atoms with Crippen LogP contribution in [0, 0.1) is 18.3 Å². The fourth-order valence-electron chi connectivity index (χ4n) is 2.76. The molecule has 1 heterocycles. The molecule has 1 amide bonds. The van der Waals surface area contributed by atoms with E-state index in [1.54, 1.807) is 24.0 Å². The summed E-state index contributed by atoms with van der Waals surface area (Å²) in [4.78, 5) is 13.7. The first kappa shape index (κ1) is 13.0. The van der Waals surface area contributed by atoms with Crippen molar-refractivity contribution in [1.29, 1.82) is 5.26 Å². The molecule has 1 aliphatic carbocycles. The number of rotatable bonds is 1. The molecule has 0 saturated carbocycles. The van der Waals surface area contributed by atoms with Gasteiger partial charge in [0.1, 0.15) is 6.07 Å². The van der Waals surface area contributed by atoms with Crippen molar-refractivity contribution in [3.05, 3.63) is 40.4 Å². The second-order valence-electron chi connectivity index (χ2n) is 5.14. The van der Waals surface area contributed by atoms with Crippen molar-refractivity contribution in [3.63, 3.8) is 0 Å². The summed E-state index contributed by atoms with van der Waals surface area (Å²) in [5.74, 6) is 0. The molecule has 1 fully saturated rings. The van der Waals surface area contributed by atoms with Crippen LogP contribution in [-0.2, 0) is 4.74 Å². The van der Waals surface area contributed by atoms with Crippen molar-refractivity contribution in [1.82, 2.24) is 0 Å². The summed E-state index contributed by atoms with van der Waals surface area (Å²) in [5, 5.41) is 9.36. The van der Waals surface area contributed by atoms with Gasteiger partial charge in [0.25, 0.3) is 0 Å². The molecular weight excluding hydrogens is 276 g/mol. The third kappa shape index (κ3) is 1.86. The maximum Gasteiger partial charge on any atom is 0.415 e. The average molecular weight is 289 g/mol. The largest absolute Gasteiger partial charge is 0.436 e.